The molecular formula is C9H8ClNOS. The molecule has 2 rings (SSSR count). The Morgan fingerprint density at radius 2 is 2.38 bits per heavy atom. The predicted molar refractivity (Wildman–Crippen MR) is 55.3 cm³/mol. The van der Waals surface area contributed by atoms with Crippen LogP contribution in [0.25, 0.3) is 10.2 Å². The Morgan fingerprint density at radius 3 is 3.00 bits per heavy atom. The van der Waals surface area contributed by atoms with Crippen LogP contribution in [0.3, 0.4) is 0 Å². The summed E-state index contributed by atoms with van der Waals surface area (Å²) in [5, 5.41) is 10.1. The molecule has 0 aromatic carbocycles. The number of hydrogen-bond donors (Lipinski definition) is 1. The molecule has 0 aliphatic heterocycles. The second kappa shape index (κ2) is 3.25. The lowest BCUT2D eigenvalue weighted by Gasteiger charge is -1.95. The number of aromatic nitrogens is 1. The van der Waals surface area contributed by atoms with Gasteiger partial charge in [-0.15, -0.1) is 11.3 Å². The molecule has 2 aromatic heterocycles. The third-order valence-corrected chi connectivity index (χ3v) is 3.55. The van der Waals surface area contributed by atoms with E-state index >= 15 is 0 Å². The van der Waals surface area contributed by atoms with Crippen molar-refractivity contribution >= 4 is 33.2 Å². The van der Waals surface area contributed by atoms with E-state index in [0.717, 1.165) is 15.1 Å². The van der Waals surface area contributed by atoms with Crippen LogP contribution >= 0.6 is 22.9 Å². The highest BCUT2D eigenvalue weighted by molar-refractivity contribution is 7.19. The minimum Gasteiger partial charge on any atom is -0.388 e. The first-order valence-corrected chi connectivity index (χ1v) is 5.10. The van der Waals surface area contributed by atoms with Gasteiger partial charge in [0.25, 0.3) is 0 Å². The molecule has 1 unspecified atom stereocenters. The Labute approximate surface area is 84.8 Å². The maximum Gasteiger partial charge on any atom is 0.0854 e. The van der Waals surface area contributed by atoms with Crippen LogP contribution in [0.1, 0.15) is 17.9 Å². The Kier molecular flexibility index (Phi) is 2.24. The van der Waals surface area contributed by atoms with Crippen molar-refractivity contribution in [1.82, 2.24) is 4.98 Å². The van der Waals surface area contributed by atoms with Crippen molar-refractivity contribution in [3.8, 4) is 0 Å². The van der Waals surface area contributed by atoms with E-state index in [1.54, 1.807) is 19.2 Å². The molecule has 2 nitrogen and oxygen atoms in total. The van der Waals surface area contributed by atoms with E-state index in [2.05, 4.69) is 4.98 Å². The van der Waals surface area contributed by atoms with Crippen LogP contribution in [0.5, 0.6) is 0 Å². The van der Waals surface area contributed by atoms with E-state index in [9.17, 15) is 5.11 Å². The molecule has 0 bridgehead atoms. The maximum atomic E-state index is 9.36. The van der Waals surface area contributed by atoms with Crippen molar-refractivity contribution in [1.29, 1.82) is 0 Å². The number of pyridine rings is 1. The Balaban J connectivity index is 2.68. The summed E-state index contributed by atoms with van der Waals surface area (Å²) in [4.78, 5) is 5.06. The largest absolute Gasteiger partial charge is 0.388 e. The van der Waals surface area contributed by atoms with Gasteiger partial charge in [0.1, 0.15) is 0 Å². The smallest absolute Gasteiger partial charge is 0.0854 e. The average molecular weight is 214 g/mol. The standard InChI is InChI=1S/C9H8ClNOS/c1-5(12)8-4-7-9(13-8)6(10)2-3-11-7/h2-5,12H,1H3. The highest BCUT2D eigenvalue weighted by atomic mass is 35.5. The Bertz CT molecular complexity index is 438. The number of nitrogens with zero attached hydrogens (tertiary/aromatic N) is 1. The monoisotopic (exact) mass is 213 g/mol. The van der Waals surface area contributed by atoms with Crippen molar-refractivity contribution in [3.63, 3.8) is 0 Å². The summed E-state index contributed by atoms with van der Waals surface area (Å²) < 4.78 is 0.945. The molecule has 2 aromatic rings. The second-order valence-electron chi connectivity index (χ2n) is 2.83. The van der Waals surface area contributed by atoms with Crippen LogP contribution in [-0.4, -0.2) is 10.1 Å². The summed E-state index contributed by atoms with van der Waals surface area (Å²) in [7, 11) is 0. The van der Waals surface area contributed by atoms with Crippen LogP contribution in [0.15, 0.2) is 18.3 Å². The molecule has 13 heavy (non-hydrogen) atoms. The number of rotatable bonds is 1. The zero-order valence-corrected chi connectivity index (χ0v) is 8.56. The van der Waals surface area contributed by atoms with Crippen LogP contribution in [0.2, 0.25) is 5.02 Å². The van der Waals surface area contributed by atoms with Crippen LogP contribution in [0.4, 0.5) is 0 Å². The highest BCUT2D eigenvalue weighted by Crippen LogP contribution is 2.32. The molecule has 0 saturated carbocycles. The molecular weight excluding hydrogens is 206 g/mol. The van der Waals surface area contributed by atoms with Gasteiger partial charge in [-0.3, -0.25) is 4.98 Å². The van der Waals surface area contributed by atoms with Gasteiger partial charge in [-0.1, -0.05) is 11.6 Å². The van der Waals surface area contributed by atoms with Crippen molar-refractivity contribution in [3.05, 3.63) is 28.2 Å². The molecule has 0 saturated heterocycles. The summed E-state index contributed by atoms with van der Waals surface area (Å²) in [5.74, 6) is 0. The van der Waals surface area contributed by atoms with E-state index in [1.165, 1.54) is 11.3 Å². The molecule has 0 aliphatic carbocycles. The molecule has 0 amide bonds. The lowest BCUT2D eigenvalue weighted by Crippen LogP contribution is -1.83. The summed E-state index contributed by atoms with van der Waals surface area (Å²) in [6.45, 7) is 1.73. The van der Waals surface area contributed by atoms with Gasteiger partial charge < -0.3 is 5.11 Å². The van der Waals surface area contributed by atoms with E-state index in [1.807, 2.05) is 6.07 Å². The zero-order valence-electron chi connectivity index (χ0n) is 6.99. The quantitative estimate of drug-likeness (QED) is 0.790. The fraction of sp³-hybridized carbons (Fsp3) is 0.222. The van der Waals surface area contributed by atoms with Gasteiger partial charge in [0.15, 0.2) is 0 Å². The second-order valence-corrected chi connectivity index (χ2v) is 4.32. The summed E-state index contributed by atoms with van der Waals surface area (Å²) >= 11 is 7.45. The van der Waals surface area contributed by atoms with Gasteiger partial charge in [-0.05, 0) is 19.1 Å². The fourth-order valence-electron chi connectivity index (χ4n) is 1.13. The SMILES string of the molecule is CC(O)c1cc2nccc(Cl)c2s1. The number of halogens is 1. The van der Waals surface area contributed by atoms with Gasteiger partial charge in [-0.2, -0.15) is 0 Å². The summed E-state index contributed by atoms with van der Waals surface area (Å²) in [6, 6.07) is 3.63. The zero-order chi connectivity index (χ0) is 9.42. The summed E-state index contributed by atoms with van der Waals surface area (Å²) in [6.07, 6.45) is 1.22. The van der Waals surface area contributed by atoms with Gasteiger partial charge in [0.05, 0.1) is 21.3 Å². The normalized spacial score (nSPS) is 13.5. The third kappa shape index (κ3) is 1.55. The fourth-order valence-corrected chi connectivity index (χ4v) is 2.36. The molecule has 2 heterocycles. The predicted octanol–water partition coefficient (Wildman–Crippen LogP) is 3.00. The summed E-state index contributed by atoms with van der Waals surface area (Å²) in [5.41, 5.74) is 0.855. The topological polar surface area (TPSA) is 33.1 Å². The molecule has 0 aliphatic rings. The van der Waals surface area contributed by atoms with Crippen molar-refractivity contribution in [2.45, 2.75) is 13.0 Å². The molecule has 0 spiro atoms. The molecule has 0 fully saturated rings. The van der Waals surface area contributed by atoms with Crippen molar-refractivity contribution < 1.29 is 5.11 Å². The van der Waals surface area contributed by atoms with Gasteiger partial charge in [-0.25, -0.2) is 0 Å². The number of aliphatic hydroxyl groups is 1. The Morgan fingerprint density at radius 1 is 1.62 bits per heavy atom. The van der Waals surface area contributed by atoms with E-state index in [4.69, 9.17) is 11.6 Å². The minimum absolute atomic E-state index is 0.449. The molecule has 0 radical (unpaired) electrons. The molecule has 68 valence electrons. The van der Waals surface area contributed by atoms with E-state index in [0.29, 0.717) is 5.02 Å². The van der Waals surface area contributed by atoms with Gasteiger partial charge in [0, 0.05) is 11.1 Å². The van der Waals surface area contributed by atoms with Crippen molar-refractivity contribution in [2.75, 3.05) is 0 Å². The third-order valence-electron chi connectivity index (χ3n) is 1.79. The van der Waals surface area contributed by atoms with Gasteiger partial charge in [0.2, 0.25) is 0 Å². The lowest BCUT2D eigenvalue weighted by atomic mass is 10.3. The van der Waals surface area contributed by atoms with Crippen LogP contribution in [-0.2, 0) is 0 Å². The number of fused-ring (bicyclic) bond motifs is 1. The average Bonchev–Trinajstić information content (AvgIpc) is 2.49. The van der Waals surface area contributed by atoms with Crippen molar-refractivity contribution in [2.24, 2.45) is 0 Å². The first-order valence-electron chi connectivity index (χ1n) is 3.90. The molecule has 1 atom stereocenters. The van der Waals surface area contributed by atoms with E-state index < -0.39 is 6.10 Å². The lowest BCUT2D eigenvalue weighted by molar-refractivity contribution is 0.203. The number of hydrogen-bond acceptors (Lipinski definition) is 3. The Hall–Kier alpha value is -0.640. The maximum absolute atomic E-state index is 9.36. The first-order chi connectivity index (χ1) is 6.18. The van der Waals surface area contributed by atoms with Crippen LogP contribution < -0.4 is 0 Å². The van der Waals surface area contributed by atoms with Gasteiger partial charge >= 0.3 is 0 Å². The minimum atomic E-state index is -0.449. The van der Waals surface area contributed by atoms with E-state index in [-0.39, 0.29) is 0 Å². The number of thiophene rings is 1. The number of aliphatic hydroxyl groups excluding tert-OH is 1. The van der Waals surface area contributed by atoms with Crippen LogP contribution in [0, 0.1) is 0 Å². The highest BCUT2D eigenvalue weighted by Gasteiger charge is 2.08. The molecule has 4 heteroatoms. The first kappa shape index (κ1) is 8.94. The molecule has 1 N–H and O–H groups in total.